The van der Waals surface area contributed by atoms with E-state index in [2.05, 4.69) is 30.6 Å². The summed E-state index contributed by atoms with van der Waals surface area (Å²) in [5.74, 6) is -1.50. The maximum atomic E-state index is 12.8. The molecule has 13 nitrogen and oxygen atoms in total. The molecule has 0 aromatic carbocycles. The maximum absolute atomic E-state index is 12.8. The zero-order valence-electron chi connectivity index (χ0n) is 17.5. The number of nitrogens with one attached hydrogen (secondary N) is 2. The first-order valence-electron chi connectivity index (χ1n) is 9.62. The lowest BCUT2D eigenvalue weighted by Gasteiger charge is -2.49. The number of hydrogen-bond acceptors (Lipinski definition) is 12. The third kappa shape index (κ3) is 4.78. The number of thiazole rings is 1. The molecule has 2 aromatic rings. The number of amides is 2. The van der Waals surface area contributed by atoms with Crippen molar-refractivity contribution in [3.05, 3.63) is 40.2 Å². The first-order valence-corrected chi connectivity index (χ1v) is 12.5. The van der Waals surface area contributed by atoms with Gasteiger partial charge in [0.1, 0.15) is 30.9 Å². The minimum absolute atomic E-state index is 0.117. The summed E-state index contributed by atoms with van der Waals surface area (Å²) >= 11 is 3.80. The normalized spacial score (nSPS) is 20.3. The fourth-order valence-corrected chi connectivity index (χ4v) is 5.63. The van der Waals surface area contributed by atoms with Crippen molar-refractivity contribution in [2.45, 2.75) is 17.2 Å². The molecule has 1 fully saturated rings. The van der Waals surface area contributed by atoms with E-state index in [1.165, 1.54) is 41.9 Å². The van der Waals surface area contributed by atoms with Gasteiger partial charge in [-0.05, 0) is 6.08 Å². The first-order chi connectivity index (χ1) is 16.4. The molecule has 5 N–H and O–H groups in total. The predicted octanol–water partition coefficient (Wildman–Crippen LogP) is 0.281. The summed E-state index contributed by atoms with van der Waals surface area (Å²) in [6.07, 6.45) is 4.91. The summed E-state index contributed by atoms with van der Waals surface area (Å²) in [6.45, 7) is 0. The number of aliphatic carboxylic acids is 1. The lowest BCUT2D eigenvalue weighted by atomic mass is 9.94. The Kier molecular flexibility index (Phi) is 7.18. The molecule has 2 aromatic heterocycles. The second kappa shape index (κ2) is 10.3. The van der Waals surface area contributed by atoms with E-state index >= 15 is 0 Å². The van der Waals surface area contributed by atoms with Crippen molar-refractivity contribution in [3.63, 3.8) is 0 Å². The molecule has 178 valence electrons. The van der Waals surface area contributed by atoms with Gasteiger partial charge in [0.15, 0.2) is 10.8 Å². The molecule has 2 atom stereocenters. The van der Waals surface area contributed by atoms with Gasteiger partial charge in [-0.1, -0.05) is 23.0 Å². The van der Waals surface area contributed by atoms with Crippen LogP contribution in [0.2, 0.25) is 0 Å². The Labute approximate surface area is 204 Å². The van der Waals surface area contributed by atoms with E-state index in [0.717, 1.165) is 11.3 Å². The van der Waals surface area contributed by atoms with Gasteiger partial charge in [0.25, 0.3) is 11.8 Å². The number of aromatic amines is 1. The minimum Gasteiger partial charge on any atom is -0.477 e. The molecular weight excluding hydrogens is 504 g/mol. The van der Waals surface area contributed by atoms with Gasteiger partial charge in [-0.3, -0.25) is 19.6 Å². The molecule has 16 heteroatoms. The SMILES string of the molecule is CON=C(C(=O)NC1C(=O)N2C(C(=O)O)=C(C=CCSc3nc[nH]n3)SCC12)c1csc(N)n1. The van der Waals surface area contributed by atoms with Crippen molar-refractivity contribution in [2.24, 2.45) is 5.16 Å². The van der Waals surface area contributed by atoms with Gasteiger partial charge in [-0.25, -0.2) is 14.8 Å². The average molecular weight is 523 g/mol. The maximum Gasteiger partial charge on any atom is 0.353 e. The van der Waals surface area contributed by atoms with Crippen molar-refractivity contribution < 1.29 is 24.3 Å². The van der Waals surface area contributed by atoms with E-state index in [0.29, 0.717) is 21.6 Å². The molecule has 2 aliphatic rings. The highest BCUT2D eigenvalue weighted by Gasteiger charge is 2.53. The summed E-state index contributed by atoms with van der Waals surface area (Å²) in [7, 11) is 1.28. The number of rotatable bonds is 9. The zero-order valence-corrected chi connectivity index (χ0v) is 19.9. The minimum atomic E-state index is -1.23. The largest absolute Gasteiger partial charge is 0.477 e. The molecule has 2 amide bonds. The van der Waals surface area contributed by atoms with Crippen molar-refractivity contribution in [3.8, 4) is 0 Å². The second-order valence-electron chi connectivity index (χ2n) is 6.74. The van der Waals surface area contributed by atoms with Crippen molar-refractivity contribution in [1.82, 2.24) is 30.4 Å². The number of H-pyrrole nitrogens is 1. The number of carbonyl (C=O) groups is 3. The lowest BCUT2D eigenvalue weighted by molar-refractivity contribution is -0.153. The number of β-lactam (4-membered cyclic amide) rings is 1. The van der Waals surface area contributed by atoms with Crippen molar-refractivity contribution in [1.29, 1.82) is 0 Å². The molecular formula is C18H18N8O5S3. The topological polar surface area (TPSA) is 189 Å². The van der Waals surface area contributed by atoms with Crippen LogP contribution in [0.3, 0.4) is 0 Å². The van der Waals surface area contributed by atoms with E-state index in [9.17, 15) is 19.5 Å². The van der Waals surface area contributed by atoms with E-state index in [1.807, 2.05) is 0 Å². The molecule has 2 aliphatic heterocycles. The number of carboxylic acids is 1. The molecule has 0 spiro atoms. The fourth-order valence-electron chi connectivity index (χ4n) is 3.29. The van der Waals surface area contributed by atoms with Gasteiger partial charge in [-0.15, -0.1) is 28.2 Å². The molecule has 0 saturated carbocycles. The van der Waals surface area contributed by atoms with Gasteiger partial charge in [-0.2, -0.15) is 0 Å². The number of thioether (sulfide) groups is 2. The summed E-state index contributed by atoms with van der Waals surface area (Å²) in [6, 6.07) is -1.42. The van der Waals surface area contributed by atoms with Crippen LogP contribution < -0.4 is 11.1 Å². The third-order valence-electron chi connectivity index (χ3n) is 4.73. The first kappa shape index (κ1) is 23.8. The van der Waals surface area contributed by atoms with Crippen LogP contribution in [0.25, 0.3) is 0 Å². The number of nitrogen functional groups attached to an aromatic ring is 1. The van der Waals surface area contributed by atoms with Gasteiger partial charge in [0.2, 0.25) is 5.16 Å². The van der Waals surface area contributed by atoms with Crippen LogP contribution in [-0.2, 0) is 19.2 Å². The number of hydrogen-bond donors (Lipinski definition) is 4. The lowest BCUT2D eigenvalue weighted by Crippen LogP contribution is -2.73. The number of aromatic nitrogens is 4. The molecule has 4 rings (SSSR count). The Balaban J connectivity index is 1.46. The molecule has 0 aliphatic carbocycles. The number of nitrogens with zero attached hydrogens (tertiary/aromatic N) is 5. The summed E-state index contributed by atoms with van der Waals surface area (Å²) < 4.78 is 0. The van der Waals surface area contributed by atoms with E-state index in [-0.39, 0.29) is 22.2 Å². The number of nitrogens with two attached hydrogens (primary N) is 1. The van der Waals surface area contributed by atoms with Crippen LogP contribution in [0, 0.1) is 0 Å². The van der Waals surface area contributed by atoms with Gasteiger partial charge < -0.3 is 21.0 Å². The van der Waals surface area contributed by atoms with Crippen LogP contribution in [0.15, 0.2) is 44.8 Å². The van der Waals surface area contributed by atoms with E-state index < -0.39 is 29.9 Å². The Morgan fingerprint density at radius 2 is 2.35 bits per heavy atom. The Morgan fingerprint density at radius 3 is 3.00 bits per heavy atom. The molecule has 0 bridgehead atoms. The van der Waals surface area contributed by atoms with Crippen molar-refractivity contribution in [2.75, 3.05) is 24.3 Å². The summed E-state index contributed by atoms with van der Waals surface area (Å²) in [4.78, 5) is 52.0. The monoisotopic (exact) mass is 522 g/mol. The van der Waals surface area contributed by atoms with Crippen LogP contribution in [0.5, 0.6) is 0 Å². The smallest absolute Gasteiger partial charge is 0.353 e. The third-order valence-corrected chi connectivity index (χ3v) is 7.36. The highest BCUT2D eigenvalue weighted by atomic mass is 32.2. The van der Waals surface area contributed by atoms with Crippen LogP contribution in [0.4, 0.5) is 5.13 Å². The predicted molar refractivity (Wildman–Crippen MR) is 126 cm³/mol. The number of anilines is 1. The van der Waals surface area contributed by atoms with Gasteiger partial charge in [0.05, 0.1) is 6.04 Å². The molecule has 0 radical (unpaired) electrons. The van der Waals surface area contributed by atoms with Crippen LogP contribution >= 0.6 is 34.9 Å². The van der Waals surface area contributed by atoms with E-state index in [4.69, 9.17) is 10.6 Å². The Morgan fingerprint density at radius 1 is 1.53 bits per heavy atom. The summed E-state index contributed by atoms with van der Waals surface area (Å²) in [5.41, 5.74) is 5.59. The highest BCUT2D eigenvalue weighted by Crippen LogP contribution is 2.39. The highest BCUT2D eigenvalue weighted by molar-refractivity contribution is 8.03. The Bertz CT molecular complexity index is 1190. The zero-order chi connectivity index (χ0) is 24.2. The molecule has 2 unspecified atom stereocenters. The van der Waals surface area contributed by atoms with Crippen LogP contribution in [0.1, 0.15) is 5.69 Å². The number of carboxylic acid groups (broad SMARTS) is 1. The fraction of sp³-hybridized carbons (Fsp3) is 0.278. The number of carbonyl (C=O) groups excluding carboxylic acids is 2. The molecule has 1 saturated heterocycles. The van der Waals surface area contributed by atoms with Gasteiger partial charge >= 0.3 is 5.97 Å². The van der Waals surface area contributed by atoms with Crippen molar-refractivity contribution >= 4 is 63.5 Å². The number of allylic oxidation sites excluding steroid dienone is 1. The second-order valence-corrected chi connectivity index (χ2v) is 9.68. The quantitative estimate of drug-likeness (QED) is 0.153. The Hall–Kier alpha value is -3.37. The average Bonchev–Trinajstić information content (AvgIpc) is 3.49. The molecule has 4 heterocycles. The van der Waals surface area contributed by atoms with Crippen LogP contribution in [-0.4, -0.2) is 84.4 Å². The summed E-state index contributed by atoms with van der Waals surface area (Å²) in [5, 5.41) is 25.0. The van der Waals surface area contributed by atoms with Gasteiger partial charge in [0, 0.05) is 21.8 Å². The van der Waals surface area contributed by atoms with E-state index in [1.54, 1.807) is 17.5 Å². The number of oxime groups is 1. The number of fused-ring (bicyclic) bond motifs is 1. The standard InChI is InChI=1S/C18H18N8O5S3/c1-31-25-11(8-5-34-17(19)22-8)14(27)23-12-9-6-33-10(13(16(29)30)26(9)15(12)28)3-2-4-32-18-20-7-21-24-18/h2-3,5,7,9,12H,4,6H2,1H3,(H2,19,22)(H,23,27)(H,29,30)(H,20,21,24). The molecule has 34 heavy (non-hydrogen) atoms.